The van der Waals surface area contributed by atoms with E-state index in [0.717, 1.165) is 42.6 Å². The van der Waals surface area contributed by atoms with Gasteiger partial charge in [-0.05, 0) is 97.5 Å². The summed E-state index contributed by atoms with van der Waals surface area (Å²) in [6.45, 7) is 7.22. The fourth-order valence-corrected chi connectivity index (χ4v) is 9.96. The van der Waals surface area contributed by atoms with Crippen LogP contribution in [0, 0.1) is 27.9 Å². The number of allylic oxidation sites excluding steroid dienone is 1. The van der Waals surface area contributed by atoms with E-state index >= 15 is 0 Å². The smallest absolute Gasteiger partial charge is 0.409 e. The lowest BCUT2D eigenvalue weighted by molar-refractivity contribution is -0.384. The van der Waals surface area contributed by atoms with E-state index in [0.29, 0.717) is 55.2 Å². The standard InChI is InChI=1S/C47H59N3O10S/c1-4-23-49(46(53)56-3)43-31-41(48-59-32-33-17-19-35(20-18-33)50(54)55)39-29-34(13-9-11-24-51)38(16-10-12-25-52)44-40-30-36(57-27-28-61-37-14-7-6-8-15-37)21-22-42(40)60-47(43,45(39)44)58-26-5-2/h5-8,14-15,17-22,29-30,34,38,43-45,51-52H,2,4,9-13,16,23-28,31-32H2,1,3H3/t34-,38+,43-,44+,45+,47+/m0/s1. The van der Waals surface area contributed by atoms with Crippen molar-refractivity contribution < 1.29 is 43.7 Å². The summed E-state index contributed by atoms with van der Waals surface area (Å²) in [6.07, 6.45) is 8.83. The van der Waals surface area contributed by atoms with Crippen LogP contribution in [0.4, 0.5) is 10.5 Å². The molecule has 1 aliphatic heterocycles. The number of oxime groups is 1. The van der Waals surface area contributed by atoms with E-state index in [2.05, 4.69) is 30.9 Å². The third kappa shape index (κ3) is 10.8. The molecule has 2 N–H and O–H groups in total. The number of amides is 1. The van der Waals surface area contributed by atoms with Crippen molar-refractivity contribution in [3.63, 3.8) is 0 Å². The van der Waals surface area contributed by atoms with Crippen molar-refractivity contribution in [1.82, 2.24) is 4.90 Å². The molecule has 61 heavy (non-hydrogen) atoms. The van der Waals surface area contributed by atoms with Gasteiger partial charge in [0.1, 0.15) is 24.1 Å². The molecule has 328 valence electrons. The number of thioether (sulfide) groups is 1. The van der Waals surface area contributed by atoms with E-state index in [9.17, 15) is 25.1 Å². The highest BCUT2D eigenvalue weighted by Gasteiger charge is 2.65. The minimum absolute atomic E-state index is 0.0173. The number of nitro groups is 1. The van der Waals surface area contributed by atoms with Gasteiger partial charge in [0.2, 0.25) is 5.79 Å². The monoisotopic (exact) mass is 857 g/mol. The van der Waals surface area contributed by atoms with Crippen molar-refractivity contribution in [2.24, 2.45) is 22.9 Å². The Morgan fingerprint density at radius 2 is 1.82 bits per heavy atom. The molecular weight excluding hydrogens is 799 g/mol. The highest BCUT2D eigenvalue weighted by atomic mass is 32.2. The van der Waals surface area contributed by atoms with Gasteiger partial charge in [-0.25, -0.2) is 4.79 Å². The van der Waals surface area contributed by atoms with Gasteiger partial charge in [-0.2, -0.15) is 0 Å². The first-order chi connectivity index (χ1) is 29.8. The van der Waals surface area contributed by atoms with Gasteiger partial charge in [-0.3, -0.25) is 15.0 Å². The van der Waals surface area contributed by atoms with E-state index in [1.165, 1.54) is 24.1 Å². The average molecular weight is 858 g/mol. The molecule has 1 fully saturated rings. The van der Waals surface area contributed by atoms with Gasteiger partial charge < -0.3 is 34.0 Å². The Kier molecular flexibility index (Phi) is 16.7. The lowest BCUT2D eigenvalue weighted by Gasteiger charge is -2.59. The maximum Gasteiger partial charge on any atom is 0.409 e. The predicted octanol–water partition coefficient (Wildman–Crippen LogP) is 9.08. The Balaban J connectivity index is 1.49. The Morgan fingerprint density at radius 3 is 2.51 bits per heavy atom. The largest absolute Gasteiger partial charge is 0.493 e. The third-order valence-corrected chi connectivity index (χ3v) is 12.8. The van der Waals surface area contributed by atoms with Crippen LogP contribution in [-0.2, 0) is 20.9 Å². The van der Waals surface area contributed by atoms with Crippen LogP contribution in [0.3, 0.4) is 0 Å². The molecule has 2 aliphatic carbocycles. The molecule has 0 spiro atoms. The Morgan fingerprint density at radius 1 is 1.07 bits per heavy atom. The number of carbonyl (C=O) groups is 1. The van der Waals surface area contributed by atoms with E-state index in [1.807, 2.05) is 37.3 Å². The number of benzene rings is 3. The molecule has 1 amide bonds. The van der Waals surface area contributed by atoms with Crippen LogP contribution in [-0.4, -0.2) is 89.5 Å². The molecule has 0 bridgehead atoms. The van der Waals surface area contributed by atoms with E-state index in [-0.39, 0.29) is 56.3 Å². The van der Waals surface area contributed by atoms with Crippen molar-refractivity contribution in [1.29, 1.82) is 0 Å². The number of aliphatic hydroxyl groups is 2. The highest BCUT2D eigenvalue weighted by Crippen LogP contribution is 2.62. The van der Waals surface area contributed by atoms with Gasteiger partial charge in [0.25, 0.3) is 5.69 Å². The molecule has 3 aromatic rings. The minimum Gasteiger partial charge on any atom is -0.493 e. The molecule has 3 aromatic carbocycles. The number of hydrogen-bond acceptors (Lipinski definition) is 12. The van der Waals surface area contributed by atoms with Gasteiger partial charge >= 0.3 is 6.09 Å². The summed E-state index contributed by atoms with van der Waals surface area (Å²) < 4.78 is 26.1. The summed E-state index contributed by atoms with van der Waals surface area (Å²) in [5.74, 6) is 0.120. The van der Waals surface area contributed by atoms with Crippen LogP contribution >= 0.6 is 11.8 Å². The Hall–Kier alpha value is -4.89. The molecule has 0 unspecified atom stereocenters. The number of non-ortho nitro benzene ring substituents is 1. The number of carbonyl (C=O) groups excluding carboxylic acids is 1. The lowest BCUT2D eigenvalue weighted by atomic mass is 9.55. The summed E-state index contributed by atoms with van der Waals surface area (Å²) in [7, 11) is 1.37. The van der Waals surface area contributed by atoms with Crippen LogP contribution in [0.25, 0.3) is 0 Å². The molecule has 6 rings (SSSR count). The Bertz CT molecular complexity index is 1980. The maximum absolute atomic E-state index is 13.8. The van der Waals surface area contributed by atoms with Crippen LogP contribution in [0.1, 0.15) is 75.3 Å². The first-order valence-corrected chi connectivity index (χ1v) is 22.4. The summed E-state index contributed by atoms with van der Waals surface area (Å²) >= 11 is 1.73. The second-order valence-electron chi connectivity index (χ2n) is 15.6. The molecule has 0 radical (unpaired) electrons. The molecule has 14 heteroatoms. The average Bonchev–Trinajstić information content (AvgIpc) is 3.28. The number of nitro benzene ring substituents is 1. The molecule has 1 heterocycles. The zero-order valence-electron chi connectivity index (χ0n) is 35.2. The third-order valence-electron chi connectivity index (χ3n) is 11.8. The first kappa shape index (κ1) is 45.6. The molecule has 13 nitrogen and oxygen atoms in total. The van der Waals surface area contributed by atoms with Gasteiger partial charge in [-0.1, -0.05) is 55.3 Å². The Labute approximate surface area is 362 Å². The fraction of sp³-hybridized carbons (Fsp3) is 0.489. The van der Waals surface area contributed by atoms with E-state index in [1.54, 1.807) is 34.9 Å². The first-order valence-electron chi connectivity index (χ1n) is 21.4. The maximum atomic E-state index is 13.8. The van der Waals surface area contributed by atoms with Crippen molar-refractivity contribution in [2.45, 2.75) is 87.5 Å². The van der Waals surface area contributed by atoms with Crippen LogP contribution < -0.4 is 9.47 Å². The van der Waals surface area contributed by atoms with Crippen molar-refractivity contribution >= 4 is 29.3 Å². The van der Waals surface area contributed by atoms with Gasteiger partial charge in [0.15, 0.2) is 0 Å². The summed E-state index contributed by atoms with van der Waals surface area (Å²) in [4.78, 5) is 33.7. The van der Waals surface area contributed by atoms with Crippen LogP contribution in [0.5, 0.6) is 11.5 Å². The van der Waals surface area contributed by atoms with Crippen LogP contribution in [0.2, 0.25) is 0 Å². The second-order valence-corrected chi connectivity index (χ2v) is 16.8. The number of fused-ring (bicyclic) bond motifs is 2. The number of hydrogen-bond donors (Lipinski definition) is 2. The molecule has 6 atom stereocenters. The zero-order valence-corrected chi connectivity index (χ0v) is 36.0. The van der Waals surface area contributed by atoms with Crippen molar-refractivity contribution in [2.75, 3.05) is 45.8 Å². The van der Waals surface area contributed by atoms with Gasteiger partial charge in [0.05, 0.1) is 36.9 Å². The number of ether oxygens (including phenoxy) is 4. The highest BCUT2D eigenvalue weighted by molar-refractivity contribution is 7.99. The summed E-state index contributed by atoms with van der Waals surface area (Å²) in [6, 6.07) is 21.6. The predicted molar refractivity (Wildman–Crippen MR) is 235 cm³/mol. The number of methoxy groups -OCH3 is 1. The molecular formula is C47H59N3O10S. The topological polar surface area (TPSA) is 162 Å². The quantitative estimate of drug-likeness (QED) is 0.0308. The molecule has 1 saturated carbocycles. The fourth-order valence-electron chi connectivity index (χ4n) is 9.21. The number of rotatable bonds is 23. The van der Waals surface area contributed by atoms with Gasteiger partial charge in [0, 0.05) is 60.4 Å². The van der Waals surface area contributed by atoms with Crippen molar-refractivity contribution in [3.05, 3.63) is 118 Å². The molecule has 3 aliphatic rings. The SMILES string of the molecule is C=CCO[C@@]12Oc3ccc(OCCSc4ccccc4)cc3[C@H]3[C@H](CCCCO)[C@@H](CCCCO)C=C(C(=NOCc4ccc([N+](=O)[O-])cc4)C[C@@H]1N(CCC)C(=O)OC)[C@H]32. The minimum atomic E-state index is -1.40. The van der Waals surface area contributed by atoms with Crippen molar-refractivity contribution in [3.8, 4) is 11.5 Å². The lowest BCUT2D eigenvalue weighted by Crippen LogP contribution is -2.70. The van der Waals surface area contributed by atoms with E-state index < -0.39 is 28.8 Å². The zero-order chi connectivity index (χ0) is 43.2. The summed E-state index contributed by atoms with van der Waals surface area (Å²) in [5.41, 5.74) is 3.20. The summed E-state index contributed by atoms with van der Waals surface area (Å²) in [5, 5.41) is 35.9. The number of nitrogens with zero attached hydrogens (tertiary/aromatic N) is 3. The number of unbranched alkanes of at least 4 members (excludes halogenated alkanes) is 2. The molecule has 0 saturated heterocycles. The van der Waals surface area contributed by atoms with Gasteiger partial charge in [-0.15, -0.1) is 18.3 Å². The number of aliphatic hydroxyl groups excluding tert-OH is 2. The van der Waals surface area contributed by atoms with Crippen LogP contribution in [0.15, 0.2) is 107 Å². The van der Waals surface area contributed by atoms with E-state index in [4.69, 9.17) is 28.9 Å². The second kappa shape index (κ2) is 22.3. The normalized spacial score (nSPS) is 23.2. The molecule has 0 aromatic heterocycles.